The number of carbonyl (C=O) groups is 1. The molecule has 0 aliphatic carbocycles. The molecule has 0 unspecified atom stereocenters. The third-order valence-corrected chi connectivity index (χ3v) is 1.72. The van der Waals surface area contributed by atoms with Gasteiger partial charge in [-0.3, -0.25) is 0 Å². The van der Waals surface area contributed by atoms with Crippen molar-refractivity contribution < 1.29 is 23.4 Å². The second kappa shape index (κ2) is 4.07. The topological polar surface area (TPSA) is 85.4 Å². The second-order valence-electron chi connectivity index (χ2n) is 2.61. The number of pyridine rings is 1. The van der Waals surface area contributed by atoms with E-state index in [9.17, 15) is 13.6 Å². The van der Waals surface area contributed by atoms with Crippen molar-refractivity contribution in [2.45, 2.75) is 6.43 Å². The van der Waals surface area contributed by atoms with Crippen LogP contribution in [0.3, 0.4) is 0 Å². The van der Waals surface area contributed by atoms with Gasteiger partial charge in [0.1, 0.15) is 0 Å². The van der Waals surface area contributed by atoms with Crippen molar-refractivity contribution in [3.8, 4) is 5.75 Å². The van der Waals surface area contributed by atoms with E-state index >= 15 is 0 Å². The molecule has 1 aromatic rings. The number of aromatic carboxylic acids is 1. The smallest absolute Gasteiger partial charge is 0.355 e. The Hall–Kier alpha value is -1.92. The highest BCUT2D eigenvalue weighted by molar-refractivity contribution is 5.89. The molecule has 15 heavy (non-hydrogen) atoms. The molecule has 0 bridgehead atoms. The predicted molar refractivity (Wildman–Crippen MR) is 47.1 cm³/mol. The number of methoxy groups -OCH3 is 1. The monoisotopic (exact) mass is 218 g/mol. The largest absolute Gasteiger partial charge is 0.494 e. The molecule has 0 aliphatic heterocycles. The van der Waals surface area contributed by atoms with E-state index in [1.807, 2.05) is 0 Å². The Kier molecular flexibility index (Phi) is 3.03. The van der Waals surface area contributed by atoms with Crippen molar-refractivity contribution in [1.29, 1.82) is 0 Å². The number of nitrogens with two attached hydrogens (primary N) is 1. The molecule has 5 nitrogen and oxygen atoms in total. The maximum atomic E-state index is 12.6. The highest BCUT2D eigenvalue weighted by atomic mass is 19.3. The molecule has 1 aromatic heterocycles. The standard InChI is InChI=1S/C8H8F2N2O3/c1-15-6-3(11)2-12-5(8(13)14)4(6)7(9)10/h2,7H,11H2,1H3,(H,13,14). The van der Waals surface area contributed by atoms with Crippen LogP contribution in [0.25, 0.3) is 0 Å². The van der Waals surface area contributed by atoms with Crippen LogP contribution in [0.4, 0.5) is 14.5 Å². The molecule has 0 fully saturated rings. The molecule has 0 saturated heterocycles. The van der Waals surface area contributed by atoms with Gasteiger partial charge >= 0.3 is 5.97 Å². The lowest BCUT2D eigenvalue weighted by molar-refractivity contribution is 0.0675. The van der Waals surface area contributed by atoms with E-state index in [0.717, 1.165) is 13.3 Å². The maximum absolute atomic E-state index is 12.6. The lowest BCUT2D eigenvalue weighted by Gasteiger charge is -2.11. The number of alkyl halides is 2. The summed E-state index contributed by atoms with van der Waals surface area (Å²) in [6.07, 6.45) is -2.05. The average Bonchev–Trinajstić information content (AvgIpc) is 2.16. The Morgan fingerprint density at radius 2 is 2.27 bits per heavy atom. The highest BCUT2D eigenvalue weighted by Gasteiger charge is 2.26. The molecule has 3 N–H and O–H groups in total. The Labute approximate surface area is 83.5 Å². The molecule has 1 rings (SSSR count). The van der Waals surface area contributed by atoms with Crippen molar-refractivity contribution in [2.24, 2.45) is 0 Å². The Morgan fingerprint density at radius 1 is 1.67 bits per heavy atom. The number of anilines is 1. The second-order valence-corrected chi connectivity index (χ2v) is 2.61. The number of aromatic nitrogens is 1. The quantitative estimate of drug-likeness (QED) is 0.798. The molecule has 0 radical (unpaired) electrons. The SMILES string of the molecule is COc1c(N)cnc(C(=O)O)c1C(F)F. The Balaban J connectivity index is 3.49. The first-order valence-corrected chi connectivity index (χ1v) is 3.82. The number of hydrogen-bond donors (Lipinski definition) is 2. The van der Waals surface area contributed by atoms with Gasteiger partial charge in [-0.05, 0) is 0 Å². The Bertz CT molecular complexity index is 396. The van der Waals surface area contributed by atoms with Gasteiger partial charge in [0.2, 0.25) is 0 Å². The van der Waals surface area contributed by atoms with Gasteiger partial charge in [-0.25, -0.2) is 18.6 Å². The summed E-state index contributed by atoms with van der Waals surface area (Å²) in [7, 11) is 1.13. The van der Waals surface area contributed by atoms with Gasteiger partial charge in [-0.1, -0.05) is 0 Å². The van der Waals surface area contributed by atoms with E-state index in [4.69, 9.17) is 10.8 Å². The zero-order valence-corrected chi connectivity index (χ0v) is 7.70. The van der Waals surface area contributed by atoms with E-state index in [1.165, 1.54) is 0 Å². The molecule has 0 atom stereocenters. The Morgan fingerprint density at radius 3 is 2.67 bits per heavy atom. The summed E-state index contributed by atoms with van der Waals surface area (Å²) in [5.74, 6) is -1.90. The average molecular weight is 218 g/mol. The summed E-state index contributed by atoms with van der Waals surface area (Å²) in [6.45, 7) is 0. The third kappa shape index (κ3) is 1.95. The van der Waals surface area contributed by atoms with Gasteiger partial charge in [0.15, 0.2) is 11.4 Å². The van der Waals surface area contributed by atoms with Gasteiger partial charge in [0.25, 0.3) is 6.43 Å². The van der Waals surface area contributed by atoms with E-state index in [1.54, 1.807) is 0 Å². The summed E-state index contributed by atoms with van der Waals surface area (Å²) in [5.41, 5.74) is 3.64. The van der Waals surface area contributed by atoms with Crippen molar-refractivity contribution >= 4 is 11.7 Å². The van der Waals surface area contributed by atoms with E-state index < -0.39 is 23.7 Å². The first-order valence-electron chi connectivity index (χ1n) is 3.82. The van der Waals surface area contributed by atoms with E-state index in [-0.39, 0.29) is 11.4 Å². The summed E-state index contributed by atoms with van der Waals surface area (Å²) in [5, 5.41) is 8.63. The normalized spacial score (nSPS) is 10.4. The van der Waals surface area contributed by atoms with Crippen LogP contribution < -0.4 is 10.5 Å². The van der Waals surface area contributed by atoms with Crippen molar-refractivity contribution in [3.05, 3.63) is 17.5 Å². The number of carboxylic acid groups (broad SMARTS) is 1. The van der Waals surface area contributed by atoms with E-state index in [0.29, 0.717) is 0 Å². The van der Waals surface area contributed by atoms with Gasteiger partial charge in [-0.15, -0.1) is 0 Å². The zero-order chi connectivity index (χ0) is 11.6. The van der Waals surface area contributed by atoms with Crippen LogP contribution in [0.1, 0.15) is 22.5 Å². The lowest BCUT2D eigenvalue weighted by atomic mass is 10.1. The van der Waals surface area contributed by atoms with Crippen LogP contribution in [0, 0.1) is 0 Å². The first-order chi connectivity index (χ1) is 6.99. The molecule has 7 heteroatoms. The number of nitrogens with zero attached hydrogens (tertiary/aromatic N) is 1. The molecule has 1 heterocycles. The van der Waals surface area contributed by atoms with Gasteiger partial charge in [-0.2, -0.15) is 0 Å². The number of halogens is 2. The number of hydrogen-bond acceptors (Lipinski definition) is 4. The summed E-state index contributed by atoms with van der Waals surface area (Å²) < 4.78 is 29.8. The maximum Gasteiger partial charge on any atom is 0.355 e. The molecule has 0 aromatic carbocycles. The fourth-order valence-corrected chi connectivity index (χ4v) is 1.13. The minimum atomic E-state index is -3.01. The number of ether oxygens (including phenoxy) is 1. The van der Waals surface area contributed by atoms with Crippen molar-refractivity contribution in [2.75, 3.05) is 12.8 Å². The lowest BCUT2D eigenvalue weighted by Crippen LogP contribution is -2.10. The number of carboxylic acids is 1. The first kappa shape index (κ1) is 11.2. The molecular formula is C8H8F2N2O3. The van der Waals surface area contributed by atoms with Crippen LogP contribution in [0.15, 0.2) is 6.20 Å². The fraction of sp³-hybridized carbons (Fsp3) is 0.250. The van der Waals surface area contributed by atoms with Crippen LogP contribution in [0.5, 0.6) is 5.75 Å². The summed E-state index contributed by atoms with van der Waals surface area (Å²) in [6, 6.07) is 0. The molecule has 0 saturated carbocycles. The minimum absolute atomic E-state index is 0.127. The van der Waals surface area contributed by atoms with E-state index in [2.05, 4.69) is 9.72 Å². The van der Waals surface area contributed by atoms with Crippen molar-refractivity contribution in [3.63, 3.8) is 0 Å². The minimum Gasteiger partial charge on any atom is -0.494 e. The molecule has 82 valence electrons. The fourth-order valence-electron chi connectivity index (χ4n) is 1.13. The van der Waals surface area contributed by atoms with Crippen LogP contribution in [-0.4, -0.2) is 23.2 Å². The van der Waals surface area contributed by atoms with Crippen LogP contribution >= 0.6 is 0 Å². The van der Waals surface area contributed by atoms with Crippen molar-refractivity contribution in [1.82, 2.24) is 4.98 Å². The van der Waals surface area contributed by atoms with Gasteiger partial charge in [0, 0.05) is 0 Å². The molecular weight excluding hydrogens is 210 g/mol. The van der Waals surface area contributed by atoms with Gasteiger partial charge in [0.05, 0.1) is 24.6 Å². The van der Waals surface area contributed by atoms with Gasteiger partial charge < -0.3 is 15.6 Å². The zero-order valence-electron chi connectivity index (χ0n) is 7.70. The predicted octanol–water partition coefficient (Wildman–Crippen LogP) is 1.31. The molecule has 0 aliphatic rings. The number of rotatable bonds is 3. The van der Waals surface area contributed by atoms with Crippen LogP contribution in [-0.2, 0) is 0 Å². The highest BCUT2D eigenvalue weighted by Crippen LogP contribution is 2.35. The summed E-state index contributed by atoms with van der Waals surface area (Å²) >= 11 is 0. The molecule has 0 spiro atoms. The molecule has 0 amide bonds. The number of nitrogen functional groups attached to an aromatic ring is 1. The summed E-state index contributed by atoms with van der Waals surface area (Å²) in [4.78, 5) is 13.9. The third-order valence-electron chi connectivity index (χ3n) is 1.72. The van der Waals surface area contributed by atoms with Crippen LogP contribution in [0.2, 0.25) is 0 Å².